The van der Waals surface area contributed by atoms with Gasteiger partial charge in [-0.1, -0.05) is 24.3 Å². The summed E-state index contributed by atoms with van der Waals surface area (Å²) in [6.07, 6.45) is 1.40. The molecular weight excluding hydrogens is 395 g/mol. The maximum atomic E-state index is 14.5. The van der Waals surface area contributed by atoms with Gasteiger partial charge < -0.3 is 19.3 Å². The van der Waals surface area contributed by atoms with E-state index in [4.69, 9.17) is 9.47 Å². The number of benzene rings is 2. The lowest BCUT2D eigenvalue weighted by Gasteiger charge is -2.36. The van der Waals surface area contributed by atoms with Gasteiger partial charge in [0.05, 0.1) is 12.6 Å². The van der Waals surface area contributed by atoms with E-state index in [-0.39, 0.29) is 31.1 Å². The SMILES string of the molecule is Cc1ccc(CN(C(=O)OCc2ccc(OC(C)C)cc2)C2CCN(C)CC2)c(F)c1. The van der Waals surface area contributed by atoms with Crippen molar-refractivity contribution in [2.75, 3.05) is 20.1 Å². The Labute approximate surface area is 184 Å². The van der Waals surface area contributed by atoms with Crippen LogP contribution in [-0.4, -0.2) is 48.2 Å². The molecule has 1 aliphatic heterocycles. The number of carbonyl (C=O) groups excluding carboxylic acids is 1. The zero-order chi connectivity index (χ0) is 22.4. The number of nitrogens with zero attached hydrogens (tertiary/aromatic N) is 2. The highest BCUT2D eigenvalue weighted by Gasteiger charge is 2.29. The van der Waals surface area contributed by atoms with Gasteiger partial charge in [0, 0.05) is 11.6 Å². The van der Waals surface area contributed by atoms with Gasteiger partial charge in [-0.2, -0.15) is 0 Å². The van der Waals surface area contributed by atoms with Crippen LogP contribution in [0.4, 0.5) is 9.18 Å². The molecule has 2 aromatic carbocycles. The Hall–Kier alpha value is -2.60. The van der Waals surface area contributed by atoms with Gasteiger partial charge in [-0.25, -0.2) is 9.18 Å². The summed E-state index contributed by atoms with van der Waals surface area (Å²) in [5.41, 5.74) is 2.26. The van der Waals surface area contributed by atoms with Crippen LogP contribution in [-0.2, 0) is 17.9 Å². The van der Waals surface area contributed by atoms with E-state index in [1.54, 1.807) is 11.0 Å². The Balaban J connectivity index is 1.68. The monoisotopic (exact) mass is 428 g/mol. The number of amides is 1. The molecule has 0 spiro atoms. The molecule has 0 unspecified atom stereocenters. The van der Waals surface area contributed by atoms with Crippen molar-refractivity contribution in [3.63, 3.8) is 0 Å². The van der Waals surface area contributed by atoms with E-state index in [1.807, 2.05) is 51.1 Å². The molecule has 31 heavy (non-hydrogen) atoms. The average molecular weight is 429 g/mol. The number of rotatable bonds is 7. The third kappa shape index (κ3) is 6.69. The lowest BCUT2D eigenvalue weighted by atomic mass is 10.0. The van der Waals surface area contributed by atoms with Gasteiger partial charge in [0.1, 0.15) is 18.2 Å². The van der Waals surface area contributed by atoms with Crippen LogP contribution in [0.15, 0.2) is 42.5 Å². The predicted octanol–water partition coefficient (Wildman–Crippen LogP) is 5.15. The van der Waals surface area contributed by atoms with E-state index in [0.717, 1.165) is 42.8 Å². The summed E-state index contributed by atoms with van der Waals surface area (Å²) in [6, 6.07) is 12.7. The van der Waals surface area contributed by atoms with E-state index in [9.17, 15) is 9.18 Å². The van der Waals surface area contributed by atoms with Crippen molar-refractivity contribution in [3.05, 3.63) is 65.0 Å². The van der Waals surface area contributed by atoms with Gasteiger partial charge in [0.15, 0.2) is 0 Å². The number of aryl methyl sites for hydroxylation is 1. The molecule has 1 fully saturated rings. The van der Waals surface area contributed by atoms with Crippen LogP contribution in [0.3, 0.4) is 0 Å². The molecule has 1 saturated heterocycles. The number of ether oxygens (including phenoxy) is 2. The number of halogens is 1. The zero-order valence-corrected chi connectivity index (χ0v) is 18.9. The van der Waals surface area contributed by atoms with Crippen molar-refractivity contribution in [1.82, 2.24) is 9.80 Å². The Kier molecular flexibility index (Phi) is 7.91. The van der Waals surface area contributed by atoms with Crippen molar-refractivity contribution in [3.8, 4) is 5.75 Å². The van der Waals surface area contributed by atoms with Gasteiger partial charge in [-0.3, -0.25) is 0 Å². The van der Waals surface area contributed by atoms with E-state index in [1.165, 1.54) is 6.07 Å². The third-order valence-corrected chi connectivity index (χ3v) is 5.57. The van der Waals surface area contributed by atoms with Crippen LogP contribution < -0.4 is 4.74 Å². The van der Waals surface area contributed by atoms with E-state index >= 15 is 0 Å². The van der Waals surface area contributed by atoms with Gasteiger partial charge >= 0.3 is 6.09 Å². The van der Waals surface area contributed by atoms with Gasteiger partial charge in [0.25, 0.3) is 0 Å². The molecule has 2 aromatic rings. The largest absolute Gasteiger partial charge is 0.491 e. The Morgan fingerprint density at radius 3 is 2.45 bits per heavy atom. The first-order valence-corrected chi connectivity index (χ1v) is 10.9. The fraction of sp³-hybridized carbons (Fsp3) is 0.480. The first-order valence-electron chi connectivity index (χ1n) is 10.9. The second-order valence-electron chi connectivity index (χ2n) is 8.62. The quantitative estimate of drug-likeness (QED) is 0.611. The van der Waals surface area contributed by atoms with Crippen LogP contribution in [0.1, 0.15) is 43.4 Å². The Bertz CT molecular complexity index is 862. The summed E-state index contributed by atoms with van der Waals surface area (Å²) in [7, 11) is 2.07. The topological polar surface area (TPSA) is 42.0 Å². The molecule has 5 nitrogen and oxygen atoms in total. The highest BCUT2D eigenvalue weighted by molar-refractivity contribution is 5.68. The summed E-state index contributed by atoms with van der Waals surface area (Å²) in [5, 5.41) is 0. The molecule has 0 aromatic heterocycles. The fourth-order valence-corrected chi connectivity index (χ4v) is 3.78. The highest BCUT2D eigenvalue weighted by atomic mass is 19.1. The van der Waals surface area contributed by atoms with Crippen molar-refractivity contribution >= 4 is 6.09 Å². The number of likely N-dealkylation sites (tertiary alicyclic amines) is 1. The highest BCUT2D eigenvalue weighted by Crippen LogP contribution is 2.22. The van der Waals surface area contributed by atoms with Crippen LogP contribution in [0, 0.1) is 12.7 Å². The predicted molar refractivity (Wildman–Crippen MR) is 120 cm³/mol. The van der Waals surface area contributed by atoms with Crippen LogP contribution in [0.25, 0.3) is 0 Å². The summed E-state index contributed by atoms with van der Waals surface area (Å²) in [4.78, 5) is 17.0. The summed E-state index contributed by atoms with van der Waals surface area (Å²) in [5.74, 6) is 0.499. The molecule has 168 valence electrons. The Morgan fingerprint density at radius 1 is 1.16 bits per heavy atom. The van der Waals surface area contributed by atoms with Crippen LogP contribution in [0.2, 0.25) is 0 Å². The molecule has 0 radical (unpaired) electrons. The minimum atomic E-state index is -0.406. The second-order valence-corrected chi connectivity index (χ2v) is 8.62. The first kappa shape index (κ1) is 23.1. The molecule has 0 atom stereocenters. The van der Waals surface area contributed by atoms with Crippen molar-refractivity contribution in [1.29, 1.82) is 0 Å². The second kappa shape index (κ2) is 10.6. The number of carbonyl (C=O) groups is 1. The standard InChI is InChI=1S/C25H33FN2O3/c1-18(2)31-23-9-6-20(7-10-23)17-30-25(29)28(22-11-13-27(4)14-12-22)16-21-8-5-19(3)15-24(21)26/h5-10,15,18,22H,11-14,16-17H2,1-4H3. The lowest BCUT2D eigenvalue weighted by molar-refractivity contribution is 0.0599. The summed E-state index contributed by atoms with van der Waals surface area (Å²) < 4.78 is 25.8. The van der Waals surface area contributed by atoms with Gasteiger partial charge in [0.2, 0.25) is 0 Å². The smallest absolute Gasteiger partial charge is 0.410 e. The van der Waals surface area contributed by atoms with Crippen molar-refractivity contribution in [2.45, 2.75) is 58.9 Å². The molecule has 0 aliphatic carbocycles. The molecule has 1 amide bonds. The van der Waals surface area contributed by atoms with Crippen LogP contribution >= 0.6 is 0 Å². The minimum Gasteiger partial charge on any atom is -0.491 e. The number of hydrogen-bond acceptors (Lipinski definition) is 4. The molecule has 1 heterocycles. The van der Waals surface area contributed by atoms with Crippen molar-refractivity contribution < 1.29 is 18.7 Å². The maximum absolute atomic E-state index is 14.5. The van der Waals surface area contributed by atoms with E-state index in [0.29, 0.717) is 5.56 Å². The molecular formula is C25H33FN2O3. The molecule has 0 saturated carbocycles. The van der Waals surface area contributed by atoms with Crippen molar-refractivity contribution in [2.24, 2.45) is 0 Å². The third-order valence-electron chi connectivity index (χ3n) is 5.57. The van der Waals surface area contributed by atoms with Crippen LogP contribution in [0.5, 0.6) is 5.75 Å². The maximum Gasteiger partial charge on any atom is 0.410 e. The Morgan fingerprint density at radius 2 is 1.84 bits per heavy atom. The first-order chi connectivity index (χ1) is 14.8. The fourth-order valence-electron chi connectivity index (χ4n) is 3.78. The molecule has 0 bridgehead atoms. The molecule has 6 heteroatoms. The molecule has 1 aliphatic rings. The lowest BCUT2D eigenvalue weighted by Crippen LogP contribution is -2.46. The van der Waals surface area contributed by atoms with Gasteiger partial charge in [-0.15, -0.1) is 0 Å². The molecule has 3 rings (SSSR count). The summed E-state index contributed by atoms with van der Waals surface area (Å²) >= 11 is 0. The number of hydrogen-bond donors (Lipinski definition) is 0. The zero-order valence-electron chi connectivity index (χ0n) is 18.9. The molecule has 0 N–H and O–H groups in total. The number of piperidine rings is 1. The normalized spacial score (nSPS) is 15.2. The average Bonchev–Trinajstić information content (AvgIpc) is 2.73. The van der Waals surface area contributed by atoms with E-state index < -0.39 is 6.09 Å². The minimum absolute atomic E-state index is 0.0335. The van der Waals surface area contributed by atoms with E-state index in [2.05, 4.69) is 11.9 Å². The summed E-state index contributed by atoms with van der Waals surface area (Å²) in [6.45, 7) is 7.99. The van der Waals surface area contributed by atoms with Gasteiger partial charge in [-0.05, 0) is 83.1 Å².